The molecule has 138 valence electrons. The molecule has 0 radical (unpaired) electrons. The van der Waals surface area contributed by atoms with Gasteiger partial charge in [0.15, 0.2) is 9.84 Å². The third kappa shape index (κ3) is 4.88. The van der Waals surface area contributed by atoms with E-state index in [0.717, 1.165) is 18.4 Å². The summed E-state index contributed by atoms with van der Waals surface area (Å²) < 4.78 is 29.3. The van der Waals surface area contributed by atoms with E-state index in [-0.39, 0.29) is 36.0 Å². The summed E-state index contributed by atoms with van der Waals surface area (Å²) in [5.74, 6) is 0.0723. The Morgan fingerprint density at radius 2 is 2.04 bits per heavy atom. The highest BCUT2D eigenvalue weighted by Crippen LogP contribution is 2.25. The van der Waals surface area contributed by atoms with Crippen LogP contribution in [0.1, 0.15) is 24.8 Å². The van der Waals surface area contributed by atoms with Crippen molar-refractivity contribution in [1.29, 1.82) is 0 Å². The van der Waals surface area contributed by atoms with E-state index in [4.69, 9.17) is 27.9 Å². The maximum atomic E-state index is 12.9. The third-order valence-corrected chi connectivity index (χ3v) is 7.22. The van der Waals surface area contributed by atoms with Gasteiger partial charge in [0.1, 0.15) is 0 Å². The zero-order valence-corrected chi connectivity index (χ0v) is 16.1. The summed E-state index contributed by atoms with van der Waals surface area (Å²) in [7, 11) is -3.07. The second-order valence-electron chi connectivity index (χ2n) is 6.66. The van der Waals surface area contributed by atoms with Crippen molar-refractivity contribution >= 4 is 38.9 Å². The Hall–Kier alpha value is -0.820. The fourth-order valence-corrected chi connectivity index (χ4v) is 5.46. The van der Waals surface area contributed by atoms with Crippen LogP contribution in [0.15, 0.2) is 18.2 Å². The molecule has 2 fully saturated rings. The van der Waals surface area contributed by atoms with Crippen molar-refractivity contribution in [2.24, 2.45) is 0 Å². The molecule has 5 nitrogen and oxygen atoms in total. The van der Waals surface area contributed by atoms with Crippen LogP contribution in [0.3, 0.4) is 0 Å². The summed E-state index contributed by atoms with van der Waals surface area (Å²) >= 11 is 11.9. The number of rotatable bonds is 5. The molecule has 8 heteroatoms. The van der Waals surface area contributed by atoms with E-state index in [1.807, 2.05) is 0 Å². The molecule has 25 heavy (non-hydrogen) atoms. The average molecular weight is 406 g/mol. The molecule has 0 saturated carbocycles. The maximum absolute atomic E-state index is 12.9. The molecule has 0 spiro atoms. The number of hydrogen-bond donors (Lipinski definition) is 0. The minimum absolute atomic E-state index is 0.0129. The summed E-state index contributed by atoms with van der Waals surface area (Å²) in [6.07, 6.45) is 2.52. The molecule has 0 bridgehead atoms. The maximum Gasteiger partial charge on any atom is 0.227 e. The molecule has 2 saturated heterocycles. The van der Waals surface area contributed by atoms with E-state index in [1.54, 1.807) is 23.1 Å². The van der Waals surface area contributed by atoms with E-state index in [1.165, 1.54) is 0 Å². The summed E-state index contributed by atoms with van der Waals surface area (Å²) in [5.41, 5.74) is 0.762. The smallest absolute Gasteiger partial charge is 0.227 e. The topological polar surface area (TPSA) is 63.7 Å². The van der Waals surface area contributed by atoms with Gasteiger partial charge >= 0.3 is 0 Å². The van der Waals surface area contributed by atoms with Gasteiger partial charge in [-0.2, -0.15) is 0 Å². The van der Waals surface area contributed by atoms with Gasteiger partial charge in [0, 0.05) is 19.2 Å². The molecule has 1 aromatic carbocycles. The Morgan fingerprint density at radius 1 is 1.24 bits per heavy atom. The molecule has 0 aliphatic carbocycles. The number of benzene rings is 1. The molecule has 0 aromatic heterocycles. The second-order valence-corrected chi connectivity index (χ2v) is 9.71. The number of hydrogen-bond acceptors (Lipinski definition) is 4. The predicted octanol–water partition coefficient (Wildman–Crippen LogP) is 2.73. The lowest BCUT2D eigenvalue weighted by Gasteiger charge is -2.30. The van der Waals surface area contributed by atoms with Gasteiger partial charge in [-0.25, -0.2) is 8.42 Å². The van der Waals surface area contributed by atoms with E-state index in [0.29, 0.717) is 29.6 Å². The number of carbonyl (C=O) groups is 1. The Kier molecular flexibility index (Phi) is 5.93. The third-order valence-electron chi connectivity index (χ3n) is 4.73. The molecule has 0 unspecified atom stereocenters. The van der Waals surface area contributed by atoms with Gasteiger partial charge in [0.25, 0.3) is 0 Å². The van der Waals surface area contributed by atoms with E-state index >= 15 is 0 Å². The summed E-state index contributed by atoms with van der Waals surface area (Å²) in [5, 5.41) is 0.844. The van der Waals surface area contributed by atoms with Crippen molar-refractivity contribution < 1.29 is 17.9 Å². The van der Waals surface area contributed by atoms with Crippen molar-refractivity contribution in [2.45, 2.75) is 37.8 Å². The van der Waals surface area contributed by atoms with Crippen LogP contribution < -0.4 is 0 Å². The Balaban J connectivity index is 1.74. The quantitative estimate of drug-likeness (QED) is 0.755. The van der Waals surface area contributed by atoms with Gasteiger partial charge in [0.05, 0.1) is 34.1 Å². The largest absolute Gasteiger partial charge is 0.376 e. The number of halogens is 2. The first kappa shape index (κ1) is 19.0. The van der Waals surface area contributed by atoms with Gasteiger partial charge in [-0.1, -0.05) is 29.3 Å². The van der Waals surface area contributed by atoms with Crippen molar-refractivity contribution in [3.63, 3.8) is 0 Å². The zero-order chi connectivity index (χ0) is 18.0. The Bertz CT molecular complexity index is 747. The molecule has 0 N–H and O–H groups in total. The van der Waals surface area contributed by atoms with E-state index in [9.17, 15) is 13.2 Å². The fraction of sp³-hybridized carbons (Fsp3) is 0.588. The number of sulfone groups is 1. The predicted molar refractivity (Wildman–Crippen MR) is 97.9 cm³/mol. The standard InChI is InChI=1S/C17H21Cl2NO4S/c18-15-4-3-12(8-16(15)19)9-17(21)20(10-14-2-1-6-24-14)13-5-7-25(22,23)11-13/h3-4,8,13-14H,1-2,5-7,9-11H2/t13-,14+/m0/s1. The van der Waals surface area contributed by atoms with Crippen LogP contribution >= 0.6 is 23.2 Å². The molecule has 3 rings (SSSR count). The first-order chi connectivity index (χ1) is 11.8. The number of carbonyl (C=O) groups excluding carboxylic acids is 1. The average Bonchev–Trinajstić information content (AvgIpc) is 3.17. The highest BCUT2D eigenvalue weighted by Gasteiger charge is 2.36. The first-order valence-corrected chi connectivity index (χ1v) is 11.0. The van der Waals surface area contributed by atoms with Gasteiger partial charge in [-0.15, -0.1) is 0 Å². The summed E-state index contributed by atoms with van der Waals surface area (Å²) in [6, 6.07) is 4.83. The van der Waals surface area contributed by atoms with Crippen LogP contribution in [0, 0.1) is 0 Å². The lowest BCUT2D eigenvalue weighted by atomic mass is 10.1. The Morgan fingerprint density at radius 3 is 2.64 bits per heavy atom. The van der Waals surface area contributed by atoms with Crippen LogP contribution in [0.2, 0.25) is 10.0 Å². The molecule has 2 atom stereocenters. The number of ether oxygens (including phenoxy) is 1. The second kappa shape index (κ2) is 7.82. The summed E-state index contributed by atoms with van der Waals surface area (Å²) in [6.45, 7) is 1.14. The van der Waals surface area contributed by atoms with Crippen molar-refractivity contribution in [2.75, 3.05) is 24.7 Å². The van der Waals surface area contributed by atoms with E-state index in [2.05, 4.69) is 0 Å². The number of amides is 1. The van der Waals surface area contributed by atoms with Crippen molar-refractivity contribution in [3.05, 3.63) is 33.8 Å². The van der Waals surface area contributed by atoms with Gasteiger partial charge in [0.2, 0.25) is 5.91 Å². The minimum atomic E-state index is -3.07. The lowest BCUT2D eigenvalue weighted by Crippen LogP contribution is -2.46. The Labute approximate surface area is 158 Å². The molecular formula is C17H21Cl2NO4S. The van der Waals surface area contributed by atoms with Crippen LogP contribution in [0.4, 0.5) is 0 Å². The molecule has 2 heterocycles. The number of nitrogens with zero attached hydrogens (tertiary/aromatic N) is 1. The van der Waals surface area contributed by atoms with Crippen LogP contribution in [0.5, 0.6) is 0 Å². The summed E-state index contributed by atoms with van der Waals surface area (Å²) in [4.78, 5) is 14.6. The van der Waals surface area contributed by atoms with Crippen LogP contribution in [-0.4, -0.2) is 56.0 Å². The van der Waals surface area contributed by atoms with Crippen molar-refractivity contribution in [3.8, 4) is 0 Å². The SMILES string of the molecule is O=C(Cc1ccc(Cl)c(Cl)c1)N(C[C@H]1CCCO1)[C@H]1CCS(=O)(=O)C1. The first-order valence-electron chi connectivity index (χ1n) is 8.39. The molecular weight excluding hydrogens is 385 g/mol. The van der Waals surface area contributed by atoms with Gasteiger partial charge in [-0.05, 0) is 37.0 Å². The molecule has 1 amide bonds. The fourth-order valence-electron chi connectivity index (χ4n) is 3.41. The zero-order valence-electron chi connectivity index (χ0n) is 13.8. The van der Waals surface area contributed by atoms with Crippen LogP contribution in [-0.2, 0) is 25.8 Å². The van der Waals surface area contributed by atoms with Gasteiger partial charge < -0.3 is 9.64 Å². The molecule has 2 aliphatic rings. The lowest BCUT2D eigenvalue weighted by molar-refractivity contribution is -0.134. The highest BCUT2D eigenvalue weighted by atomic mass is 35.5. The van der Waals surface area contributed by atoms with Crippen molar-refractivity contribution in [1.82, 2.24) is 4.90 Å². The molecule has 1 aromatic rings. The monoisotopic (exact) mass is 405 g/mol. The minimum Gasteiger partial charge on any atom is -0.376 e. The molecule has 2 aliphatic heterocycles. The normalized spacial score (nSPS) is 25.2. The highest BCUT2D eigenvalue weighted by molar-refractivity contribution is 7.91. The van der Waals surface area contributed by atoms with Crippen LogP contribution in [0.25, 0.3) is 0 Å². The van der Waals surface area contributed by atoms with E-state index < -0.39 is 9.84 Å². The van der Waals surface area contributed by atoms with Gasteiger partial charge in [-0.3, -0.25) is 4.79 Å².